The number of esters is 3. The van der Waals surface area contributed by atoms with Crippen LogP contribution in [0.4, 0.5) is 0 Å². The lowest BCUT2D eigenvalue weighted by molar-refractivity contribution is -0.167. The lowest BCUT2D eigenvalue weighted by Crippen LogP contribution is -2.30. The molecule has 0 aliphatic rings. The molecule has 0 rings (SSSR count). The van der Waals surface area contributed by atoms with Gasteiger partial charge in [0.15, 0.2) is 6.10 Å². The van der Waals surface area contributed by atoms with Gasteiger partial charge in [0.25, 0.3) is 0 Å². The Hall–Kier alpha value is -2.11. The Labute approximate surface area is 379 Å². The van der Waals surface area contributed by atoms with Crippen LogP contribution in [0.3, 0.4) is 0 Å². The summed E-state index contributed by atoms with van der Waals surface area (Å²) < 4.78 is 16.7. The van der Waals surface area contributed by atoms with E-state index < -0.39 is 6.10 Å². The molecule has 0 aliphatic heterocycles. The zero-order valence-corrected chi connectivity index (χ0v) is 40.9. The van der Waals surface area contributed by atoms with E-state index in [2.05, 4.69) is 45.1 Å². The molecule has 1 atom stereocenters. The number of rotatable bonds is 49. The average molecular weight is 859 g/mol. The Balaban J connectivity index is 4.04. The van der Waals surface area contributed by atoms with Gasteiger partial charge in [0.2, 0.25) is 0 Å². The van der Waals surface area contributed by atoms with E-state index in [1.165, 1.54) is 186 Å². The second-order valence-electron chi connectivity index (χ2n) is 18.1. The van der Waals surface area contributed by atoms with Gasteiger partial charge in [-0.05, 0) is 70.6 Å². The highest BCUT2D eigenvalue weighted by molar-refractivity contribution is 5.71. The molecule has 6 heteroatoms. The highest BCUT2D eigenvalue weighted by atomic mass is 16.6. The summed E-state index contributed by atoms with van der Waals surface area (Å²) in [7, 11) is 0. The van der Waals surface area contributed by atoms with Crippen molar-refractivity contribution in [2.75, 3.05) is 13.2 Å². The van der Waals surface area contributed by atoms with Gasteiger partial charge in [-0.2, -0.15) is 0 Å². The van der Waals surface area contributed by atoms with Gasteiger partial charge in [-0.25, -0.2) is 0 Å². The fourth-order valence-corrected chi connectivity index (χ4v) is 7.84. The van der Waals surface area contributed by atoms with Gasteiger partial charge in [0.1, 0.15) is 13.2 Å². The third kappa shape index (κ3) is 48.8. The molecule has 0 aliphatic carbocycles. The molecule has 358 valence electrons. The van der Waals surface area contributed by atoms with E-state index in [1.54, 1.807) is 0 Å². The first kappa shape index (κ1) is 58.9. The summed E-state index contributed by atoms with van der Waals surface area (Å²) in [5.74, 6) is -0.881. The van der Waals surface area contributed by atoms with Gasteiger partial charge >= 0.3 is 17.9 Å². The first-order chi connectivity index (χ1) is 30.0. The fourth-order valence-electron chi connectivity index (χ4n) is 7.84. The number of carbonyl (C=O) groups is 3. The number of hydrogen-bond donors (Lipinski definition) is 0. The van der Waals surface area contributed by atoms with E-state index in [0.29, 0.717) is 19.3 Å². The van der Waals surface area contributed by atoms with Crippen molar-refractivity contribution in [3.05, 3.63) is 24.3 Å². The van der Waals surface area contributed by atoms with Gasteiger partial charge < -0.3 is 14.2 Å². The average Bonchev–Trinajstić information content (AvgIpc) is 3.26. The van der Waals surface area contributed by atoms with Gasteiger partial charge in [-0.1, -0.05) is 225 Å². The van der Waals surface area contributed by atoms with Crippen LogP contribution >= 0.6 is 0 Å². The third-order valence-corrected chi connectivity index (χ3v) is 11.9. The summed E-state index contributed by atoms with van der Waals surface area (Å²) in [4.78, 5) is 37.7. The number of unbranched alkanes of at least 4 members (excludes halogenated alkanes) is 34. The van der Waals surface area contributed by atoms with Crippen LogP contribution in [0.5, 0.6) is 0 Å². The van der Waals surface area contributed by atoms with Crippen molar-refractivity contribution < 1.29 is 28.6 Å². The molecule has 0 heterocycles. The van der Waals surface area contributed by atoms with Crippen molar-refractivity contribution in [2.24, 2.45) is 0 Å². The molecule has 61 heavy (non-hydrogen) atoms. The Bertz CT molecular complexity index is 989. The minimum Gasteiger partial charge on any atom is -0.462 e. The molecule has 0 saturated carbocycles. The lowest BCUT2D eigenvalue weighted by atomic mass is 10.0. The van der Waals surface area contributed by atoms with E-state index in [4.69, 9.17) is 14.2 Å². The molecule has 0 N–H and O–H groups in total. The predicted molar refractivity (Wildman–Crippen MR) is 261 cm³/mol. The van der Waals surface area contributed by atoms with Crippen LogP contribution in [0.2, 0.25) is 0 Å². The molecule has 0 aromatic heterocycles. The van der Waals surface area contributed by atoms with Crippen LogP contribution in [-0.2, 0) is 28.6 Å². The summed E-state index contributed by atoms with van der Waals surface area (Å²) in [5, 5.41) is 0. The van der Waals surface area contributed by atoms with Gasteiger partial charge in [-0.3, -0.25) is 14.4 Å². The van der Waals surface area contributed by atoms with E-state index in [-0.39, 0.29) is 31.1 Å². The van der Waals surface area contributed by atoms with Crippen LogP contribution in [0.15, 0.2) is 24.3 Å². The standard InChI is InChI=1S/C55H102O6/c1-4-7-10-13-16-18-20-22-23-24-25-26-27-28-29-30-31-32-33-34-36-37-39-42-45-48-54(57)60-51-52(50-59-53(56)47-44-41-15-12-9-6-3)61-55(58)49-46-43-40-38-35-21-19-17-14-11-8-5-2/h17,19,24-25,52H,4-16,18,20-23,26-51H2,1-3H3/b19-17-,25-24-. The highest BCUT2D eigenvalue weighted by Crippen LogP contribution is 2.16. The van der Waals surface area contributed by atoms with E-state index in [9.17, 15) is 14.4 Å². The highest BCUT2D eigenvalue weighted by Gasteiger charge is 2.19. The minimum absolute atomic E-state index is 0.0718. The summed E-state index contributed by atoms with van der Waals surface area (Å²) in [5.41, 5.74) is 0. The molecule has 0 saturated heterocycles. The monoisotopic (exact) mass is 859 g/mol. The second kappa shape index (κ2) is 50.5. The summed E-state index contributed by atoms with van der Waals surface area (Å²) in [6.07, 6.45) is 57.8. The quantitative estimate of drug-likeness (QED) is 0.0262. The van der Waals surface area contributed by atoms with Gasteiger partial charge in [0, 0.05) is 19.3 Å². The lowest BCUT2D eigenvalue weighted by Gasteiger charge is -2.18. The molecule has 0 aromatic carbocycles. The van der Waals surface area contributed by atoms with Crippen LogP contribution in [0.1, 0.15) is 290 Å². The molecule has 0 bridgehead atoms. The summed E-state index contributed by atoms with van der Waals surface area (Å²) in [6.45, 7) is 6.57. The van der Waals surface area contributed by atoms with E-state index in [1.807, 2.05) is 0 Å². The van der Waals surface area contributed by atoms with Crippen LogP contribution in [0, 0.1) is 0 Å². The van der Waals surface area contributed by atoms with Crippen LogP contribution in [0.25, 0.3) is 0 Å². The number of hydrogen-bond acceptors (Lipinski definition) is 6. The summed E-state index contributed by atoms with van der Waals surface area (Å²) >= 11 is 0. The number of carbonyl (C=O) groups excluding carboxylic acids is 3. The first-order valence-electron chi connectivity index (χ1n) is 26.8. The predicted octanol–water partition coefficient (Wildman–Crippen LogP) is 17.5. The molecule has 0 radical (unpaired) electrons. The Kier molecular flexibility index (Phi) is 48.8. The van der Waals surface area contributed by atoms with Gasteiger partial charge in [0.05, 0.1) is 0 Å². The maximum atomic E-state index is 12.7. The molecule has 0 amide bonds. The zero-order chi connectivity index (χ0) is 44.4. The van der Waals surface area contributed by atoms with Crippen molar-refractivity contribution in [1.29, 1.82) is 0 Å². The normalized spacial score (nSPS) is 12.1. The smallest absolute Gasteiger partial charge is 0.306 e. The minimum atomic E-state index is -0.768. The fraction of sp³-hybridized carbons (Fsp3) is 0.873. The topological polar surface area (TPSA) is 78.9 Å². The molecule has 0 aromatic rings. The van der Waals surface area contributed by atoms with Crippen molar-refractivity contribution in [3.63, 3.8) is 0 Å². The van der Waals surface area contributed by atoms with E-state index in [0.717, 1.165) is 64.2 Å². The van der Waals surface area contributed by atoms with Crippen LogP contribution < -0.4 is 0 Å². The van der Waals surface area contributed by atoms with Crippen molar-refractivity contribution in [1.82, 2.24) is 0 Å². The first-order valence-corrected chi connectivity index (χ1v) is 26.8. The maximum Gasteiger partial charge on any atom is 0.306 e. The Morgan fingerprint density at radius 1 is 0.311 bits per heavy atom. The molecule has 0 spiro atoms. The summed E-state index contributed by atoms with van der Waals surface area (Å²) in [6, 6.07) is 0. The molecule has 0 fully saturated rings. The molecule has 6 nitrogen and oxygen atoms in total. The molecule has 1 unspecified atom stereocenters. The number of ether oxygens (including phenoxy) is 3. The third-order valence-electron chi connectivity index (χ3n) is 11.9. The number of allylic oxidation sites excluding steroid dienone is 4. The van der Waals surface area contributed by atoms with Crippen molar-refractivity contribution in [2.45, 2.75) is 297 Å². The van der Waals surface area contributed by atoms with E-state index >= 15 is 0 Å². The van der Waals surface area contributed by atoms with Crippen LogP contribution in [-0.4, -0.2) is 37.2 Å². The molecular formula is C55H102O6. The van der Waals surface area contributed by atoms with Gasteiger partial charge in [-0.15, -0.1) is 0 Å². The Morgan fingerprint density at radius 2 is 0.541 bits per heavy atom. The maximum absolute atomic E-state index is 12.7. The SMILES string of the molecule is CCCCC/C=C\CCCCCCCC(=O)OC(COC(=O)CCCCCCCC)COC(=O)CCCCCCCCCCCCCCC/C=C\CCCCCCCCCC. The second-order valence-corrected chi connectivity index (χ2v) is 18.1. The van der Waals surface area contributed by atoms with Crippen molar-refractivity contribution >= 4 is 17.9 Å². The van der Waals surface area contributed by atoms with Crippen molar-refractivity contribution in [3.8, 4) is 0 Å². The largest absolute Gasteiger partial charge is 0.462 e. The molecular weight excluding hydrogens is 757 g/mol. The Morgan fingerprint density at radius 3 is 0.852 bits per heavy atom. The zero-order valence-electron chi connectivity index (χ0n) is 40.9.